The Bertz CT molecular complexity index is 1180. The first kappa shape index (κ1) is 23.4. The number of nitrogens with one attached hydrogen (secondary N) is 1. The van der Waals surface area contributed by atoms with Crippen molar-refractivity contribution >= 4 is 11.8 Å². The second-order valence-corrected chi connectivity index (χ2v) is 8.39. The molecular formula is C27H29NO6. The molecule has 34 heavy (non-hydrogen) atoms. The van der Waals surface area contributed by atoms with Crippen molar-refractivity contribution in [2.45, 2.75) is 31.6 Å². The minimum atomic E-state index is -0.627. The van der Waals surface area contributed by atoms with Crippen LogP contribution in [0.25, 0.3) is 0 Å². The minimum Gasteiger partial charge on any atom is -0.497 e. The number of hydrogen-bond donors (Lipinski definition) is 1. The number of benzene rings is 2. The van der Waals surface area contributed by atoms with E-state index in [0.717, 1.165) is 17.0 Å². The van der Waals surface area contributed by atoms with Crippen LogP contribution in [0.3, 0.4) is 0 Å². The smallest absolute Gasteiger partial charge is 0.336 e. The fraction of sp³-hybridized carbons (Fsp3) is 0.333. The Morgan fingerprint density at radius 2 is 1.59 bits per heavy atom. The molecular weight excluding hydrogens is 434 g/mol. The molecule has 1 aliphatic carbocycles. The van der Waals surface area contributed by atoms with Crippen LogP contribution in [0.4, 0.5) is 0 Å². The van der Waals surface area contributed by atoms with Gasteiger partial charge in [-0.25, -0.2) is 4.79 Å². The number of ether oxygens (including phenoxy) is 4. The number of carbonyl (C=O) groups is 2. The molecule has 0 aromatic heterocycles. The topological polar surface area (TPSA) is 83.1 Å². The van der Waals surface area contributed by atoms with Gasteiger partial charge in [0.25, 0.3) is 0 Å². The number of methoxy groups -OCH3 is 4. The maximum Gasteiger partial charge on any atom is 0.336 e. The van der Waals surface area contributed by atoms with Gasteiger partial charge in [0.05, 0.1) is 39.9 Å². The molecule has 0 spiro atoms. The third-order valence-corrected chi connectivity index (χ3v) is 6.57. The van der Waals surface area contributed by atoms with Crippen LogP contribution in [0.5, 0.6) is 17.2 Å². The van der Waals surface area contributed by atoms with E-state index >= 15 is 0 Å². The predicted molar refractivity (Wildman–Crippen MR) is 127 cm³/mol. The Balaban J connectivity index is 1.84. The van der Waals surface area contributed by atoms with E-state index in [9.17, 15) is 9.59 Å². The molecule has 0 amide bonds. The van der Waals surface area contributed by atoms with E-state index in [1.807, 2.05) is 37.3 Å². The predicted octanol–water partition coefficient (Wildman–Crippen LogP) is 4.25. The third-order valence-electron chi connectivity index (χ3n) is 6.57. The van der Waals surface area contributed by atoms with Crippen molar-refractivity contribution in [1.29, 1.82) is 0 Å². The summed E-state index contributed by atoms with van der Waals surface area (Å²) in [5.74, 6) is 0.836. The normalized spacial score (nSPS) is 19.9. The maximum atomic E-state index is 13.7. The van der Waals surface area contributed by atoms with Crippen LogP contribution >= 0.6 is 0 Å². The number of carbonyl (C=O) groups excluding carboxylic acids is 2. The third kappa shape index (κ3) is 4.14. The van der Waals surface area contributed by atoms with Crippen molar-refractivity contribution in [2.75, 3.05) is 28.4 Å². The van der Waals surface area contributed by atoms with Gasteiger partial charge in [-0.05, 0) is 55.2 Å². The second kappa shape index (κ2) is 9.63. The van der Waals surface area contributed by atoms with Crippen molar-refractivity contribution < 1.29 is 28.5 Å². The Hall–Kier alpha value is -3.74. The maximum absolute atomic E-state index is 13.7. The van der Waals surface area contributed by atoms with Gasteiger partial charge in [-0.1, -0.05) is 12.1 Å². The lowest BCUT2D eigenvalue weighted by Crippen LogP contribution is -2.36. The molecule has 0 saturated heterocycles. The van der Waals surface area contributed by atoms with E-state index in [1.165, 1.54) is 7.11 Å². The molecule has 1 aliphatic heterocycles. The summed E-state index contributed by atoms with van der Waals surface area (Å²) >= 11 is 0. The monoisotopic (exact) mass is 463 g/mol. The molecule has 7 nitrogen and oxygen atoms in total. The van der Waals surface area contributed by atoms with Crippen molar-refractivity contribution in [2.24, 2.45) is 0 Å². The summed E-state index contributed by atoms with van der Waals surface area (Å²) in [6.45, 7) is 1.83. The van der Waals surface area contributed by atoms with E-state index < -0.39 is 11.9 Å². The van der Waals surface area contributed by atoms with Crippen LogP contribution in [-0.2, 0) is 14.3 Å². The SMILES string of the molecule is COC(=O)C1=C(C)NC2=C(C(=O)C[C@H](c3ccc(OC)cc3)C2)[C@H]1c1cc(OC)ccc1OC. The number of rotatable bonds is 6. The van der Waals surface area contributed by atoms with E-state index in [0.29, 0.717) is 46.7 Å². The summed E-state index contributed by atoms with van der Waals surface area (Å²) < 4.78 is 21.4. The Kier molecular flexibility index (Phi) is 6.63. The summed E-state index contributed by atoms with van der Waals surface area (Å²) in [4.78, 5) is 26.6. The van der Waals surface area contributed by atoms with Crippen LogP contribution in [0.1, 0.15) is 42.7 Å². The summed E-state index contributed by atoms with van der Waals surface area (Å²) in [6.07, 6.45) is 0.977. The van der Waals surface area contributed by atoms with Crippen LogP contribution < -0.4 is 19.5 Å². The Labute approximate surface area is 199 Å². The van der Waals surface area contributed by atoms with Gasteiger partial charge in [-0.3, -0.25) is 4.79 Å². The Morgan fingerprint density at radius 3 is 2.21 bits per heavy atom. The second-order valence-electron chi connectivity index (χ2n) is 8.39. The van der Waals surface area contributed by atoms with E-state index in [1.54, 1.807) is 33.5 Å². The van der Waals surface area contributed by atoms with Crippen LogP contribution in [0.2, 0.25) is 0 Å². The zero-order valence-corrected chi connectivity index (χ0v) is 20.1. The van der Waals surface area contributed by atoms with E-state index in [-0.39, 0.29) is 11.7 Å². The highest BCUT2D eigenvalue weighted by Gasteiger charge is 2.42. The first-order valence-electron chi connectivity index (χ1n) is 11.1. The lowest BCUT2D eigenvalue weighted by molar-refractivity contribution is -0.136. The average molecular weight is 464 g/mol. The van der Waals surface area contributed by atoms with Gasteiger partial charge in [-0.2, -0.15) is 0 Å². The highest BCUT2D eigenvalue weighted by atomic mass is 16.5. The molecule has 4 rings (SSSR count). The quantitative estimate of drug-likeness (QED) is 0.642. The van der Waals surface area contributed by atoms with Crippen LogP contribution in [0.15, 0.2) is 65.0 Å². The average Bonchev–Trinajstić information content (AvgIpc) is 2.86. The molecule has 2 aliphatic rings. The minimum absolute atomic E-state index is 0.0154. The standard InChI is InChI=1S/C27H29NO6/c1-15-24(27(30)34-5)25(20-14-19(32-3)10-11-23(20)33-4)26-21(28-15)12-17(13-22(26)29)16-6-8-18(31-2)9-7-16/h6-11,14,17,25,28H,12-13H2,1-5H3/t17-,25+/m1/s1. The molecule has 0 fully saturated rings. The first-order chi connectivity index (χ1) is 16.4. The number of dihydropyridines is 1. The van der Waals surface area contributed by atoms with Gasteiger partial charge >= 0.3 is 5.97 Å². The van der Waals surface area contributed by atoms with E-state index in [4.69, 9.17) is 18.9 Å². The van der Waals surface area contributed by atoms with Gasteiger partial charge in [0.1, 0.15) is 17.2 Å². The summed E-state index contributed by atoms with van der Waals surface area (Å²) in [5, 5.41) is 3.34. The van der Waals surface area contributed by atoms with Gasteiger partial charge in [0.2, 0.25) is 0 Å². The molecule has 2 aromatic rings. The molecule has 2 aromatic carbocycles. The molecule has 7 heteroatoms. The van der Waals surface area contributed by atoms with Crippen molar-refractivity contribution in [3.05, 3.63) is 76.1 Å². The van der Waals surface area contributed by atoms with Gasteiger partial charge in [-0.15, -0.1) is 0 Å². The molecule has 2 atom stereocenters. The highest BCUT2D eigenvalue weighted by Crippen LogP contribution is 2.48. The Morgan fingerprint density at radius 1 is 0.912 bits per heavy atom. The van der Waals surface area contributed by atoms with Crippen LogP contribution in [0, 0.1) is 0 Å². The number of Topliss-reactive ketones (excluding diaryl/α,β-unsaturated/α-hetero) is 1. The number of allylic oxidation sites excluding steroid dienone is 3. The van der Waals surface area contributed by atoms with E-state index in [2.05, 4.69) is 5.32 Å². The molecule has 1 heterocycles. The largest absolute Gasteiger partial charge is 0.497 e. The summed E-state index contributed by atoms with van der Waals surface area (Å²) in [6, 6.07) is 13.2. The number of hydrogen-bond acceptors (Lipinski definition) is 7. The zero-order valence-electron chi connectivity index (χ0n) is 20.1. The fourth-order valence-electron chi connectivity index (χ4n) is 4.91. The molecule has 0 bridgehead atoms. The van der Waals surface area contributed by atoms with Gasteiger partial charge in [0, 0.05) is 29.0 Å². The lowest BCUT2D eigenvalue weighted by atomic mass is 9.71. The summed E-state index contributed by atoms with van der Waals surface area (Å²) in [7, 11) is 6.11. The number of esters is 1. The van der Waals surface area contributed by atoms with Crippen molar-refractivity contribution in [3.8, 4) is 17.2 Å². The molecule has 1 N–H and O–H groups in total. The van der Waals surface area contributed by atoms with Crippen molar-refractivity contribution in [3.63, 3.8) is 0 Å². The van der Waals surface area contributed by atoms with Gasteiger partial charge in [0.15, 0.2) is 5.78 Å². The van der Waals surface area contributed by atoms with Crippen molar-refractivity contribution in [1.82, 2.24) is 5.32 Å². The molecule has 0 saturated carbocycles. The highest BCUT2D eigenvalue weighted by molar-refractivity contribution is 6.04. The zero-order chi connectivity index (χ0) is 24.4. The molecule has 178 valence electrons. The first-order valence-corrected chi connectivity index (χ1v) is 11.1. The van der Waals surface area contributed by atoms with Crippen LogP contribution in [-0.4, -0.2) is 40.2 Å². The fourth-order valence-corrected chi connectivity index (χ4v) is 4.91. The lowest BCUT2D eigenvalue weighted by Gasteiger charge is -2.37. The molecule has 0 radical (unpaired) electrons. The van der Waals surface area contributed by atoms with Gasteiger partial charge < -0.3 is 24.3 Å². The number of ketones is 1. The molecule has 0 unspecified atom stereocenters. The summed E-state index contributed by atoms with van der Waals surface area (Å²) in [5.41, 5.74) is 4.19.